The number of hydrogen-bond acceptors (Lipinski definition) is 4. The van der Waals surface area contributed by atoms with Crippen LogP contribution in [0.1, 0.15) is 0 Å². The summed E-state index contributed by atoms with van der Waals surface area (Å²) in [5.41, 5.74) is 0.956. The molecule has 0 fully saturated rings. The summed E-state index contributed by atoms with van der Waals surface area (Å²) in [6.07, 6.45) is 0. The van der Waals surface area contributed by atoms with Crippen molar-refractivity contribution < 1.29 is 17.9 Å². The monoisotopic (exact) mass is 474 g/mol. The lowest BCUT2D eigenvalue weighted by molar-refractivity contribution is -0.114. The molecule has 3 aromatic rings. The number of hydrogen-bond donors (Lipinski definition) is 1. The maximum absolute atomic E-state index is 13.3. The van der Waals surface area contributed by atoms with Gasteiger partial charge in [0.1, 0.15) is 12.3 Å². The highest BCUT2D eigenvalue weighted by molar-refractivity contribution is 9.10. The third kappa shape index (κ3) is 4.96. The number of anilines is 2. The smallest absolute Gasteiger partial charge is 0.264 e. The van der Waals surface area contributed by atoms with E-state index in [0.717, 1.165) is 4.31 Å². The Morgan fingerprint density at radius 1 is 0.966 bits per heavy atom. The van der Waals surface area contributed by atoms with Gasteiger partial charge in [-0.1, -0.05) is 30.3 Å². The van der Waals surface area contributed by atoms with Gasteiger partial charge in [-0.3, -0.25) is 9.10 Å². The fourth-order valence-corrected chi connectivity index (χ4v) is 4.47. The standard InChI is InChI=1S/C21H19BrN2O4S/c1-28-17-11-13-18(14-12-17)29(26,27)24(16-7-3-2-4-8-16)15-21(25)23-20-10-6-5-9-19(20)22/h2-14H,15H2,1H3,(H,23,25). The van der Waals surface area contributed by atoms with Gasteiger partial charge in [-0.05, 0) is 64.5 Å². The van der Waals surface area contributed by atoms with Crippen molar-refractivity contribution in [1.29, 1.82) is 0 Å². The number of carbonyl (C=O) groups excluding carboxylic acids is 1. The molecule has 0 aliphatic heterocycles. The van der Waals surface area contributed by atoms with Crippen molar-refractivity contribution in [2.24, 2.45) is 0 Å². The van der Waals surface area contributed by atoms with Crippen LogP contribution < -0.4 is 14.4 Å². The number of sulfonamides is 1. The molecule has 150 valence electrons. The molecule has 3 rings (SSSR count). The van der Waals surface area contributed by atoms with E-state index in [1.807, 2.05) is 6.07 Å². The average molecular weight is 475 g/mol. The first-order chi connectivity index (χ1) is 13.9. The van der Waals surface area contributed by atoms with Crippen molar-refractivity contribution in [2.45, 2.75) is 4.90 Å². The number of methoxy groups -OCH3 is 1. The van der Waals surface area contributed by atoms with Crippen LogP contribution in [0, 0.1) is 0 Å². The first kappa shape index (κ1) is 20.9. The molecule has 0 aromatic heterocycles. The van der Waals surface area contributed by atoms with Gasteiger partial charge >= 0.3 is 0 Å². The highest BCUT2D eigenvalue weighted by Crippen LogP contribution is 2.26. The number of ether oxygens (including phenoxy) is 1. The second-order valence-electron chi connectivity index (χ2n) is 6.05. The van der Waals surface area contributed by atoms with E-state index in [1.165, 1.54) is 19.2 Å². The molecule has 0 heterocycles. The number of rotatable bonds is 7. The molecule has 3 aromatic carbocycles. The Labute approximate surface area is 178 Å². The van der Waals surface area contributed by atoms with Gasteiger partial charge in [0.15, 0.2) is 0 Å². The summed E-state index contributed by atoms with van der Waals surface area (Å²) >= 11 is 3.37. The Kier molecular flexibility index (Phi) is 6.56. The predicted octanol–water partition coefficient (Wildman–Crippen LogP) is 4.29. The van der Waals surface area contributed by atoms with Crippen molar-refractivity contribution in [3.05, 3.63) is 83.3 Å². The molecule has 0 aliphatic rings. The lowest BCUT2D eigenvalue weighted by Gasteiger charge is -2.24. The molecule has 0 bridgehead atoms. The van der Waals surface area contributed by atoms with Crippen molar-refractivity contribution >= 4 is 43.2 Å². The molecule has 0 radical (unpaired) electrons. The molecule has 1 amide bonds. The van der Waals surface area contributed by atoms with Crippen LogP contribution in [0.5, 0.6) is 5.75 Å². The highest BCUT2D eigenvalue weighted by Gasteiger charge is 2.27. The SMILES string of the molecule is COc1ccc(S(=O)(=O)N(CC(=O)Nc2ccccc2Br)c2ccccc2)cc1. The minimum Gasteiger partial charge on any atom is -0.497 e. The predicted molar refractivity (Wildman–Crippen MR) is 117 cm³/mol. The van der Waals surface area contributed by atoms with Gasteiger partial charge in [-0.15, -0.1) is 0 Å². The summed E-state index contributed by atoms with van der Waals surface area (Å²) < 4.78 is 33.4. The van der Waals surface area contributed by atoms with E-state index in [1.54, 1.807) is 60.7 Å². The number of para-hydroxylation sites is 2. The second-order valence-corrected chi connectivity index (χ2v) is 8.77. The fraction of sp³-hybridized carbons (Fsp3) is 0.0952. The Bertz CT molecular complexity index is 1090. The van der Waals surface area contributed by atoms with Gasteiger partial charge in [0.05, 0.1) is 23.4 Å². The van der Waals surface area contributed by atoms with E-state index in [4.69, 9.17) is 4.74 Å². The molecule has 0 unspecified atom stereocenters. The van der Waals surface area contributed by atoms with Gasteiger partial charge in [0.2, 0.25) is 5.91 Å². The molecule has 0 aliphatic carbocycles. The van der Waals surface area contributed by atoms with E-state index < -0.39 is 15.9 Å². The Balaban J connectivity index is 1.92. The van der Waals surface area contributed by atoms with Crippen LogP contribution in [-0.2, 0) is 14.8 Å². The molecule has 0 atom stereocenters. The Morgan fingerprint density at radius 3 is 2.21 bits per heavy atom. The molecule has 29 heavy (non-hydrogen) atoms. The zero-order chi connectivity index (χ0) is 20.9. The van der Waals surface area contributed by atoms with Gasteiger partial charge in [0.25, 0.3) is 10.0 Å². The van der Waals surface area contributed by atoms with Gasteiger partial charge in [-0.25, -0.2) is 8.42 Å². The number of nitrogens with one attached hydrogen (secondary N) is 1. The van der Waals surface area contributed by atoms with Crippen LogP contribution in [0.3, 0.4) is 0 Å². The molecule has 1 N–H and O–H groups in total. The zero-order valence-electron chi connectivity index (χ0n) is 15.6. The molecule has 0 saturated carbocycles. The largest absolute Gasteiger partial charge is 0.497 e. The van der Waals surface area contributed by atoms with E-state index in [-0.39, 0.29) is 11.4 Å². The third-order valence-electron chi connectivity index (χ3n) is 4.13. The lowest BCUT2D eigenvalue weighted by Crippen LogP contribution is -2.38. The molecular weight excluding hydrogens is 456 g/mol. The summed E-state index contributed by atoms with van der Waals surface area (Å²) in [4.78, 5) is 12.7. The van der Waals surface area contributed by atoms with Crippen molar-refractivity contribution in [2.75, 3.05) is 23.3 Å². The molecule has 8 heteroatoms. The van der Waals surface area contributed by atoms with E-state index >= 15 is 0 Å². The van der Waals surface area contributed by atoms with Gasteiger partial charge < -0.3 is 10.1 Å². The van der Waals surface area contributed by atoms with Crippen LogP contribution in [0.2, 0.25) is 0 Å². The summed E-state index contributed by atoms with van der Waals surface area (Å²) in [6, 6.07) is 21.7. The first-order valence-electron chi connectivity index (χ1n) is 8.68. The second kappa shape index (κ2) is 9.11. The maximum atomic E-state index is 13.3. The Hall–Kier alpha value is -2.84. The summed E-state index contributed by atoms with van der Waals surface area (Å²) in [5, 5.41) is 2.74. The van der Waals surface area contributed by atoms with E-state index in [9.17, 15) is 13.2 Å². The van der Waals surface area contributed by atoms with Crippen LogP contribution in [0.4, 0.5) is 11.4 Å². The van der Waals surface area contributed by atoms with E-state index in [2.05, 4.69) is 21.2 Å². The minimum atomic E-state index is -3.97. The van der Waals surface area contributed by atoms with Crippen molar-refractivity contribution in [3.63, 3.8) is 0 Å². The number of nitrogens with zero attached hydrogens (tertiary/aromatic N) is 1. The third-order valence-corrected chi connectivity index (χ3v) is 6.61. The number of halogens is 1. The quantitative estimate of drug-likeness (QED) is 0.553. The molecule has 0 saturated heterocycles. The molecular formula is C21H19BrN2O4S. The van der Waals surface area contributed by atoms with Crippen LogP contribution in [0.15, 0.2) is 88.2 Å². The summed E-state index contributed by atoms with van der Waals surface area (Å²) in [7, 11) is -2.47. The summed E-state index contributed by atoms with van der Waals surface area (Å²) in [6.45, 7) is -0.375. The highest BCUT2D eigenvalue weighted by atomic mass is 79.9. The van der Waals surface area contributed by atoms with Gasteiger partial charge in [0, 0.05) is 4.47 Å². The molecule has 0 spiro atoms. The molecule has 6 nitrogen and oxygen atoms in total. The minimum absolute atomic E-state index is 0.0656. The topological polar surface area (TPSA) is 75.7 Å². The average Bonchev–Trinajstić information content (AvgIpc) is 2.74. The number of benzene rings is 3. The van der Waals surface area contributed by atoms with Crippen LogP contribution in [-0.4, -0.2) is 28.0 Å². The van der Waals surface area contributed by atoms with E-state index in [0.29, 0.717) is 21.6 Å². The van der Waals surface area contributed by atoms with Crippen LogP contribution in [0.25, 0.3) is 0 Å². The van der Waals surface area contributed by atoms with Crippen LogP contribution >= 0.6 is 15.9 Å². The Morgan fingerprint density at radius 2 is 1.59 bits per heavy atom. The van der Waals surface area contributed by atoms with Crippen molar-refractivity contribution in [1.82, 2.24) is 0 Å². The lowest BCUT2D eigenvalue weighted by atomic mass is 10.3. The van der Waals surface area contributed by atoms with Gasteiger partial charge in [-0.2, -0.15) is 0 Å². The first-order valence-corrected chi connectivity index (χ1v) is 10.9. The fourth-order valence-electron chi connectivity index (χ4n) is 2.67. The number of carbonyl (C=O) groups is 1. The number of amides is 1. The zero-order valence-corrected chi connectivity index (χ0v) is 18.0. The normalized spacial score (nSPS) is 11.0. The van der Waals surface area contributed by atoms with Crippen molar-refractivity contribution in [3.8, 4) is 5.75 Å². The maximum Gasteiger partial charge on any atom is 0.264 e. The summed E-state index contributed by atoms with van der Waals surface area (Å²) in [5.74, 6) is 0.0831.